The second-order valence-corrected chi connectivity index (χ2v) is 4.64. The molecule has 0 aliphatic carbocycles. The van der Waals surface area contributed by atoms with Crippen LogP contribution in [0.2, 0.25) is 0 Å². The first kappa shape index (κ1) is 12.5. The molecule has 0 aromatic heterocycles. The van der Waals surface area contributed by atoms with Crippen LogP contribution in [-0.4, -0.2) is 45.8 Å². The molecule has 2 N–H and O–H groups in total. The van der Waals surface area contributed by atoms with E-state index in [1.807, 2.05) is 6.92 Å². The molecule has 1 aliphatic heterocycles. The third-order valence-electron chi connectivity index (χ3n) is 3.54. The average molecular weight is 215 g/mol. The van der Waals surface area contributed by atoms with E-state index in [4.69, 9.17) is 5.11 Å². The molecular formula is C11H21NO3. The number of aliphatic hydroxyl groups excluding tert-OH is 1. The number of carbonyl (C=O) groups is 1. The standard InChI is InChI=1S/C11H21NO3/c1-7-4-5-10(13)6-12(7)9(3)8(2)11(14)15/h7-10,13H,4-6H2,1-3H3,(H,14,15)/t7-,8?,9?,10-/m0/s1. The van der Waals surface area contributed by atoms with Crippen LogP contribution < -0.4 is 0 Å². The molecule has 0 bridgehead atoms. The summed E-state index contributed by atoms with van der Waals surface area (Å²) < 4.78 is 0. The van der Waals surface area contributed by atoms with Crippen LogP contribution >= 0.6 is 0 Å². The molecule has 4 atom stereocenters. The van der Waals surface area contributed by atoms with Gasteiger partial charge in [-0.3, -0.25) is 9.69 Å². The van der Waals surface area contributed by atoms with Gasteiger partial charge in [0.1, 0.15) is 0 Å². The topological polar surface area (TPSA) is 60.8 Å². The first-order valence-corrected chi connectivity index (χ1v) is 5.60. The first-order chi connectivity index (χ1) is 6.93. The Bertz CT molecular complexity index is 232. The molecule has 0 amide bonds. The molecule has 1 rings (SSSR count). The number of hydrogen-bond donors (Lipinski definition) is 2. The molecule has 1 aliphatic rings. The highest BCUT2D eigenvalue weighted by molar-refractivity contribution is 5.70. The molecule has 1 saturated heterocycles. The SMILES string of the molecule is CC(C(=O)O)C(C)N1C[C@@H](O)CC[C@@H]1C. The summed E-state index contributed by atoms with van der Waals surface area (Å²) in [5, 5.41) is 18.5. The lowest BCUT2D eigenvalue weighted by atomic mass is 9.94. The Labute approximate surface area is 90.9 Å². The van der Waals surface area contributed by atoms with Crippen molar-refractivity contribution in [1.29, 1.82) is 0 Å². The van der Waals surface area contributed by atoms with Crippen LogP contribution in [-0.2, 0) is 4.79 Å². The van der Waals surface area contributed by atoms with Crippen molar-refractivity contribution in [2.75, 3.05) is 6.54 Å². The van der Waals surface area contributed by atoms with E-state index in [9.17, 15) is 9.90 Å². The van der Waals surface area contributed by atoms with Gasteiger partial charge in [0.15, 0.2) is 0 Å². The Balaban J connectivity index is 2.63. The lowest BCUT2D eigenvalue weighted by Gasteiger charge is -2.41. The summed E-state index contributed by atoms with van der Waals surface area (Å²) >= 11 is 0. The summed E-state index contributed by atoms with van der Waals surface area (Å²) in [7, 11) is 0. The molecule has 4 heteroatoms. The molecule has 1 heterocycles. The third-order valence-corrected chi connectivity index (χ3v) is 3.54. The van der Waals surface area contributed by atoms with Crippen molar-refractivity contribution in [1.82, 2.24) is 4.90 Å². The van der Waals surface area contributed by atoms with Gasteiger partial charge in [-0.05, 0) is 26.7 Å². The van der Waals surface area contributed by atoms with Crippen LogP contribution in [0, 0.1) is 5.92 Å². The highest BCUT2D eigenvalue weighted by Gasteiger charge is 2.32. The lowest BCUT2D eigenvalue weighted by Crippen LogP contribution is -2.51. The maximum atomic E-state index is 10.9. The van der Waals surface area contributed by atoms with Gasteiger partial charge in [0, 0.05) is 18.6 Å². The van der Waals surface area contributed by atoms with E-state index in [1.165, 1.54) is 0 Å². The number of nitrogens with zero attached hydrogens (tertiary/aromatic N) is 1. The predicted octanol–water partition coefficient (Wildman–Crippen LogP) is 0.941. The van der Waals surface area contributed by atoms with E-state index in [2.05, 4.69) is 11.8 Å². The normalized spacial score (nSPS) is 32.3. The zero-order valence-electron chi connectivity index (χ0n) is 9.68. The summed E-state index contributed by atoms with van der Waals surface area (Å²) in [6.45, 7) is 6.34. The number of likely N-dealkylation sites (tertiary alicyclic amines) is 1. The maximum Gasteiger partial charge on any atom is 0.307 e. The summed E-state index contributed by atoms with van der Waals surface area (Å²) in [4.78, 5) is 13.0. The molecule has 15 heavy (non-hydrogen) atoms. The number of piperidine rings is 1. The maximum absolute atomic E-state index is 10.9. The number of carboxylic acid groups (broad SMARTS) is 1. The van der Waals surface area contributed by atoms with Crippen LogP contribution in [0.1, 0.15) is 33.6 Å². The van der Waals surface area contributed by atoms with Gasteiger partial charge in [-0.1, -0.05) is 6.92 Å². The van der Waals surface area contributed by atoms with E-state index < -0.39 is 11.9 Å². The van der Waals surface area contributed by atoms with Crippen LogP contribution in [0.25, 0.3) is 0 Å². The van der Waals surface area contributed by atoms with Gasteiger partial charge >= 0.3 is 5.97 Å². The first-order valence-electron chi connectivity index (χ1n) is 5.60. The Kier molecular flexibility index (Phi) is 4.11. The predicted molar refractivity (Wildman–Crippen MR) is 57.7 cm³/mol. The van der Waals surface area contributed by atoms with E-state index >= 15 is 0 Å². The van der Waals surface area contributed by atoms with Crippen molar-refractivity contribution in [2.45, 2.75) is 51.8 Å². The van der Waals surface area contributed by atoms with Gasteiger partial charge in [-0.15, -0.1) is 0 Å². The quantitative estimate of drug-likeness (QED) is 0.735. The fourth-order valence-corrected chi connectivity index (χ4v) is 2.18. The van der Waals surface area contributed by atoms with Crippen LogP contribution in [0.15, 0.2) is 0 Å². The molecule has 0 aromatic carbocycles. The smallest absolute Gasteiger partial charge is 0.307 e. The number of hydrogen-bond acceptors (Lipinski definition) is 3. The Morgan fingerprint density at radius 1 is 1.40 bits per heavy atom. The largest absolute Gasteiger partial charge is 0.481 e. The van der Waals surface area contributed by atoms with E-state index in [0.717, 1.165) is 12.8 Å². The van der Waals surface area contributed by atoms with Crippen molar-refractivity contribution >= 4 is 5.97 Å². The van der Waals surface area contributed by atoms with E-state index in [1.54, 1.807) is 6.92 Å². The highest BCUT2D eigenvalue weighted by Crippen LogP contribution is 2.23. The van der Waals surface area contributed by atoms with Crippen molar-refractivity contribution in [3.63, 3.8) is 0 Å². The summed E-state index contributed by atoms with van der Waals surface area (Å²) in [5.74, 6) is -1.16. The second kappa shape index (κ2) is 4.94. The Hall–Kier alpha value is -0.610. The van der Waals surface area contributed by atoms with Crippen LogP contribution in [0.4, 0.5) is 0 Å². The van der Waals surface area contributed by atoms with Crippen molar-refractivity contribution in [3.05, 3.63) is 0 Å². The zero-order valence-corrected chi connectivity index (χ0v) is 9.68. The van der Waals surface area contributed by atoms with Crippen LogP contribution in [0.5, 0.6) is 0 Å². The molecule has 2 unspecified atom stereocenters. The fraction of sp³-hybridized carbons (Fsp3) is 0.909. The van der Waals surface area contributed by atoms with Crippen LogP contribution in [0.3, 0.4) is 0 Å². The molecule has 0 radical (unpaired) electrons. The summed E-state index contributed by atoms with van der Waals surface area (Å²) in [6.07, 6.45) is 1.47. The molecule has 4 nitrogen and oxygen atoms in total. The lowest BCUT2D eigenvalue weighted by molar-refractivity contribution is -0.144. The highest BCUT2D eigenvalue weighted by atomic mass is 16.4. The van der Waals surface area contributed by atoms with Crippen molar-refractivity contribution < 1.29 is 15.0 Å². The van der Waals surface area contributed by atoms with Crippen molar-refractivity contribution in [2.24, 2.45) is 5.92 Å². The minimum Gasteiger partial charge on any atom is -0.481 e. The number of β-amino-alcohol motifs (C(OH)–C–C–N with tert-alkyl or cyclic N) is 1. The summed E-state index contributed by atoms with van der Waals surface area (Å²) in [6, 6.07) is 0.345. The number of rotatable bonds is 3. The molecule has 0 aromatic rings. The Morgan fingerprint density at radius 2 is 2.00 bits per heavy atom. The Morgan fingerprint density at radius 3 is 2.53 bits per heavy atom. The molecule has 1 fully saturated rings. The fourth-order valence-electron chi connectivity index (χ4n) is 2.18. The second-order valence-electron chi connectivity index (χ2n) is 4.64. The van der Waals surface area contributed by atoms with Crippen molar-refractivity contribution in [3.8, 4) is 0 Å². The molecule has 0 spiro atoms. The monoisotopic (exact) mass is 215 g/mol. The molecule has 88 valence electrons. The minimum absolute atomic E-state index is 0.0209. The van der Waals surface area contributed by atoms with Gasteiger partial charge in [0.25, 0.3) is 0 Å². The third kappa shape index (κ3) is 2.92. The van der Waals surface area contributed by atoms with E-state index in [-0.39, 0.29) is 12.1 Å². The zero-order chi connectivity index (χ0) is 11.6. The minimum atomic E-state index is -0.769. The van der Waals surface area contributed by atoms with Gasteiger partial charge in [-0.2, -0.15) is 0 Å². The average Bonchev–Trinajstić information content (AvgIpc) is 2.19. The number of carboxylic acids is 1. The van der Waals surface area contributed by atoms with Gasteiger partial charge in [0.05, 0.1) is 12.0 Å². The van der Waals surface area contributed by atoms with E-state index in [0.29, 0.717) is 12.6 Å². The van der Waals surface area contributed by atoms with Gasteiger partial charge in [0.2, 0.25) is 0 Å². The van der Waals surface area contributed by atoms with Gasteiger partial charge < -0.3 is 10.2 Å². The number of aliphatic carboxylic acids is 1. The number of aliphatic hydroxyl groups is 1. The molecule has 0 saturated carbocycles. The molecular weight excluding hydrogens is 194 g/mol. The summed E-state index contributed by atoms with van der Waals surface area (Å²) in [5.41, 5.74) is 0. The van der Waals surface area contributed by atoms with Gasteiger partial charge in [-0.25, -0.2) is 0 Å².